The van der Waals surface area contributed by atoms with Gasteiger partial charge in [-0.05, 0) is 19.8 Å². The molecule has 1 aliphatic carbocycles. The maximum absolute atomic E-state index is 12.3. The van der Waals surface area contributed by atoms with E-state index < -0.39 is 5.97 Å². The number of nitrogen functional groups attached to an aromatic ring is 1. The number of nitrogens with zero attached hydrogens (tertiary/aromatic N) is 4. The van der Waals surface area contributed by atoms with E-state index in [0.717, 1.165) is 31.4 Å². The molecule has 0 saturated heterocycles. The fourth-order valence-electron chi connectivity index (χ4n) is 2.93. The van der Waals surface area contributed by atoms with E-state index in [1.165, 1.54) is 11.0 Å². The van der Waals surface area contributed by atoms with E-state index in [4.69, 9.17) is 10.5 Å². The van der Waals surface area contributed by atoms with Crippen molar-refractivity contribution >= 4 is 11.8 Å². The number of hydrogen-bond acceptors (Lipinski definition) is 6. The van der Waals surface area contributed by atoms with Crippen LogP contribution in [0.2, 0.25) is 0 Å². The molecule has 0 amide bonds. The Hall–Kier alpha value is -2.44. The van der Waals surface area contributed by atoms with Crippen LogP contribution in [0, 0.1) is 0 Å². The molecule has 0 aliphatic heterocycles. The first-order valence-electron chi connectivity index (χ1n) is 7.54. The monoisotopic (exact) mass is 301 g/mol. The van der Waals surface area contributed by atoms with Crippen molar-refractivity contribution in [3.8, 4) is 5.82 Å². The Morgan fingerprint density at radius 2 is 2.23 bits per heavy atom. The number of ether oxygens (including phenoxy) is 1. The van der Waals surface area contributed by atoms with Crippen LogP contribution < -0.4 is 5.73 Å². The van der Waals surface area contributed by atoms with Gasteiger partial charge in [0.05, 0.1) is 12.3 Å². The van der Waals surface area contributed by atoms with Gasteiger partial charge in [0.15, 0.2) is 5.82 Å². The zero-order chi connectivity index (χ0) is 15.5. The second-order valence-electron chi connectivity index (χ2n) is 5.33. The van der Waals surface area contributed by atoms with Crippen LogP contribution in [0.15, 0.2) is 18.6 Å². The van der Waals surface area contributed by atoms with Crippen molar-refractivity contribution in [2.45, 2.75) is 38.5 Å². The number of carbonyl (C=O) groups is 1. The van der Waals surface area contributed by atoms with Gasteiger partial charge in [-0.3, -0.25) is 0 Å². The molecule has 0 aromatic carbocycles. The molecule has 22 heavy (non-hydrogen) atoms. The Bertz CT molecular complexity index is 662. The van der Waals surface area contributed by atoms with Crippen LogP contribution in [-0.4, -0.2) is 32.3 Å². The molecule has 3 rings (SSSR count). The fourth-order valence-corrected chi connectivity index (χ4v) is 2.93. The first-order chi connectivity index (χ1) is 10.7. The third-order valence-corrected chi connectivity index (χ3v) is 3.95. The topological polar surface area (TPSA) is 95.9 Å². The van der Waals surface area contributed by atoms with Crippen molar-refractivity contribution in [2.75, 3.05) is 12.3 Å². The van der Waals surface area contributed by atoms with E-state index in [-0.39, 0.29) is 11.7 Å². The molecule has 7 nitrogen and oxygen atoms in total. The van der Waals surface area contributed by atoms with Gasteiger partial charge in [0.25, 0.3) is 0 Å². The van der Waals surface area contributed by atoms with Gasteiger partial charge in [-0.2, -0.15) is 9.78 Å². The molecular formula is C15H19N5O2. The van der Waals surface area contributed by atoms with Crippen molar-refractivity contribution in [3.63, 3.8) is 0 Å². The SMILES string of the molecule is CCOC(=O)c1c(C2CCCC2)nn(-c2ccncn2)c1N. The fraction of sp³-hybridized carbons (Fsp3) is 0.467. The summed E-state index contributed by atoms with van der Waals surface area (Å²) in [6.45, 7) is 2.08. The minimum atomic E-state index is -0.415. The molecule has 1 saturated carbocycles. The van der Waals surface area contributed by atoms with E-state index in [1.54, 1.807) is 19.2 Å². The highest BCUT2D eigenvalue weighted by atomic mass is 16.5. The summed E-state index contributed by atoms with van der Waals surface area (Å²) in [7, 11) is 0. The first kappa shape index (κ1) is 14.5. The second kappa shape index (κ2) is 6.13. The Labute approximate surface area is 128 Å². The van der Waals surface area contributed by atoms with Gasteiger partial charge in [-0.1, -0.05) is 12.8 Å². The van der Waals surface area contributed by atoms with Crippen molar-refractivity contribution in [3.05, 3.63) is 29.8 Å². The van der Waals surface area contributed by atoms with Crippen molar-refractivity contribution in [2.24, 2.45) is 0 Å². The molecule has 2 N–H and O–H groups in total. The lowest BCUT2D eigenvalue weighted by atomic mass is 10.00. The third kappa shape index (κ3) is 2.54. The highest BCUT2D eigenvalue weighted by molar-refractivity contribution is 5.96. The largest absolute Gasteiger partial charge is 0.462 e. The van der Waals surface area contributed by atoms with Crippen LogP contribution in [0.5, 0.6) is 0 Å². The van der Waals surface area contributed by atoms with Gasteiger partial charge >= 0.3 is 5.97 Å². The molecule has 1 fully saturated rings. The van der Waals surface area contributed by atoms with Crippen LogP contribution in [0.3, 0.4) is 0 Å². The second-order valence-corrected chi connectivity index (χ2v) is 5.33. The number of carbonyl (C=O) groups excluding carboxylic acids is 1. The Balaban J connectivity index is 2.09. The van der Waals surface area contributed by atoms with Gasteiger partial charge < -0.3 is 10.5 Å². The average molecular weight is 301 g/mol. The Morgan fingerprint density at radius 3 is 2.86 bits per heavy atom. The highest BCUT2D eigenvalue weighted by Gasteiger charge is 2.30. The highest BCUT2D eigenvalue weighted by Crippen LogP contribution is 2.37. The number of aromatic nitrogens is 4. The molecule has 0 atom stereocenters. The van der Waals surface area contributed by atoms with Gasteiger partial charge in [0.2, 0.25) is 0 Å². The van der Waals surface area contributed by atoms with Crippen LogP contribution in [0.4, 0.5) is 5.82 Å². The lowest BCUT2D eigenvalue weighted by Gasteiger charge is -2.08. The molecule has 0 spiro atoms. The molecule has 2 heterocycles. The standard InChI is InChI=1S/C15H19N5O2/c1-2-22-15(21)12-13(10-5-3-4-6-10)19-20(14(12)16)11-7-8-17-9-18-11/h7-10H,2-6,16H2,1H3. The quantitative estimate of drug-likeness (QED) is 0.868. The summed E-state index contributed by atoms with van der Waals surface area (Å²) in [5, 5.41) is 4.57. The molecule has 116 valence electrons. The lowest BCUT2D eigenvalue weighted by molar-refractivity contribution is 0.0526. The van der Waals surface area contributed by atoms with Gasteiger partial charge in [0.1, 0.15) is 17.7 Å². The van der Waals surface area contributed by atoms with E-state index in [1.807, 2.05) is 0 Å². The van der Waals surface area contributed by atoms with Gasteiger partial charge in [0, 0.05) is 18.2 Å². The van der Waals surface area contributed by atoms with Gasteiger partial charge in [-0.25, -0.2) is 14.8 Å². The van der Waals surface area contributed by atoms with E-state index in [9.17, 15) is 4.79 Å². The molecule has 2 aromatic rings. The van der Waals surface area contributed by atoms with Crippen LogP contribution in [0.1, 0.15) is 54.6 Å². The van der Waals surface area contributed by atoms with E-state index in [0.29, 0.717) is 18.0 Å². The summed E-state index contributed by atoms with van der Waals surface area (Å²) in [5.41, 5.74) is 7.28. The zero-order valence-corrected chi connectivity index (χ0v) is 12.5. The number of anilines is 1. The van der Waals surface area contributed by atoms with E-state index >= 15 is 0 Å². The van der Waals surface area contributed by atoms with Crippen LogP contribution >= 0.6 is 0 Å². The number of nitrogens with two attached hydrogens (primary N) is 1. The van der Waals surface area contributed by atoms with E-state index in [2.05, 4.69) is 15.1 Å². The molecule has 0 bridgehead atoms. The average Bonchev–Trinajstić information content (AvgIpc) is 3.16. The van der Waals surface area contributed by atoms with Crippen molar-refractivity contribution in [1.29, 1.82) is 0 Å². The number of esters is 1. The molecule has 7 heteroatoms. The Kier molecular flexibility index (Phi) is 4.04. The molecule has 2 aromatic heterocycles. The van der Waals surface area contributed by atoms with Crippen molar-refractivity contribution in [1.82, 2.24) is 19.7 Å². The minimum Gasteiger partial charge on any atom is -0.462 e. The molecule has 0 unspecified atom stereocenters. The third-order valence-electron chi connectivity index (χ3n) is 3.95. The minimum absolute atomic E-state index is 0.254. The zero-order valence-electron chi connectivity index (χ0n) is 12.5. The lowest BCUT2D eigenvalue weighted by Crippen LogP contribution is -2.11. The molecule has 0 radical (unpaired) electrons. The van der Waals surface area contributed by atoms with Crippen molar-refractivity contribution < 1.29 is 9.53 Å². The first-order valence-corrected chi connectivity index (χ1v) is 7.54. The van der Waals surface area contributed by atoms with Crippen LogP contribution in [-0.2, 0) is 4.74 Å². The Morgan fingerprint density at radius 1 is 1.45 bits per heavy atom. The van der Waals surface area contributed by atoms with Gasteiger partial charge in [-0.15, -0.1) is 0 Å². The predicted molar refractivity (Wildman–Crippen MR) is 80.7 cm³/mol. The summed E-state index contributed by atoms with van der Waals surface area (Å²) in [4.78, 5) is 20.3. The normalized spacial score (nSPS) is 15.1. The summed E-state index contributed by atoms with van der Waals surface area (Å²) in [6, 6.07) is 1.71. The van der Waals surface area contributed by atoms with Crippen LogP contribution in [0.25, 0.3) is 5.82 Å². The summed E-state index contributed by atoms with van der Waals surface area (Å²) in [5.74, 6) is 0.661. The number of hydrogen-bond donors (Lipinski definition) is 1. The maximum Gasteiger partial charge on any atom is 0.343 e. The maximum atomic E-state index is 12.3. The predicted octanol–water partition coefficient (Wildman–Crippen LogP) is 2.08. The molecular weight excluding hydrogens is 282 g/mol. The summed E-state index contributed by atoms with van der Waals surface area (Å²) < 4.78 is 6.65. The molecule has 1 aliphatic rings. The number of rotatable bonds is 4. The smallest absolute Gasteiger partial charge is 0.343 e. The summed E-state index contributed by atoms with van der Waals surface area (Å²) >= 11 is 0. The summed E-state index contributed by atoms with van der Waals surface area (Å²) in [6.07, 6.45) is 7.37.